The van der Waals surface area contributed by atoms with Gasteiger partial charge in [0.05, 0.1) is 11.4 Å². The van der Waals surface area contributed by atoms with Gasteiger partial charge in [-0.2, -0.15) is 0 Å². The molecule has 0 aliphatic rings. The van der Waals surface area contributed by atoms with Gasteiger partial charge in [-0.05, 0) is 12.0 Å². The van der Waals surface area contributed by atoms with Crippen molar-refractivity contribution in [1.29, 1.82) is 0 Å². The largest absolute Gasteiger partial charge is 0.323 e. The number of aromatic nitrogens is 2. The van der Waals surface area contributed by atoms with Crippen molar-refractivity contribution in [3.05, 3.63) is 29.5 Å². The van der Waals surface area contributed by atoms with Gasteiger partial charge >= 0.3 is 0 Å². The molecule has 0 unspecified atom stereocenters. The average molecular weight is 313 g/mol. The van der Waals surface area contributed by atoms with Gasteiger partial charge in [-0.15, -0.1) is 11.3 Å². The molecule has 0 saturated carbocycles. The van der Waals surface area contributed by atoms with E-state index in [1.54, 1.807) is 0 Å². The Balaban J connectivity index is 2.31. The fourth-order valence-electron chi connectivity index (χ4n) is 1.48. The van der Waals surface area contributed by atoms with Crippen molar-refractivity contribution >= 4 is 32.2 Å². The van der Waals surface area contributed by atoms with Crippen molar-refractivity contribution in [2.45, 2.75) is 24.7 Å². The molecule has 2 heterocycles. The highest BCUT2D eigenvalue weighted by atomic mass is 32.2. The second kappa shape index (κ2) is 5.73. The smallest absolute Gasteiger partial charge is 0.267 e. The van der Waals surface area contributed by atoms with Crippen LogP contribution in [0.2, 0.25) is 0 Å². The number of anilines is 2. The third-order valence-electron chi connectivity index (χ3n) is 2.56. The highest BCUT2D eigenvalue weighted by Gasteiger charge is 2.20. The normalized spacial score (nSPS) is 11.6. The number of hydrazine groups is 1. The monoisotopic (exact) mass is 313 g/mol. The molecular weight excluding hydrogens is 298 g/mol. The van der Waals surface area contributed by atoms with E-state index >= 15 is 0 Å². The molecule has 0 bridgehead atoms. The molecule has 0 atom stereocenters. The second-order valence-corrected chi connectivity index (χ2v) is 6.86. The lowest BCUT2D eigenvalue weighted by molar-refractivity contribution is 0.601. The van der Waals surface area contributed by atoms with Gasteiger partial charge in [0.2, 0.25) is 0 Å². The first-order valence-corrected chi connectivity index (χ1v) is 8.19. The summed E-state index contributed by atoms with van der Waals surface area (Å²) in [5.74, 6) is 5.54. The summed E-state index contributed by atoms with van der Waals surface area (Å²) in [7, 11) is -3.78. The summed E-state index contributed by atoms with van der Waals surface area (Å²) in [5.41, 5.74) is 3.45. The molecule has 0 radical (unpaired) electrons. The summed E-state index contributed by atoms with van der Waals surface area (Å²) in [6.45, 7) is 3.98. The predicted molar refractivity (Wildman–Crippen MR) is 79.1 cm³/mol. The Kier molecular flexibility index (Phi) is 4.21. The van der Waals surface area contributed by atoms with E-state index in [0.717, 1.165) is 5.69 Å². The second-order valence-electron chi connectivity index (χ2n) is 4.35. The van der Waals surface area contributed by atoms with Crippen LogP contribution < -0.4 is 16.0 Å². The van der Waals surface area contributed by atoms with E-state index in [4.69, 9.17) is 5.84 Å². The molecule has 0 aliphatic heterocycles. The van der Waals surface area contributed by atoms with Crippen LogP contribution >= 0.6 is 11.3 Å². The Hall–Kier alpha value is -1.71. The van der Waals surface area contributed by atoms with Gasteiger partial charge in [0.15, 0.2) is 5.13 Å². The lowest BCUT2D eigenvalue weighted by Gasteiger charge is -2.09. The third kappa shape index (κ3) is 3.06. The first-order valence-electron chi connectivity index (χ1n) is 5.83. The number of sulfonamides is 1. The molecular formula is C11H15N5O2S2. The quantitative estimate of drug-likeness (QED) is 0.573. The minimum absolute atomic E-state index is 0.0243. The number of nitrogens with one attached hydrogen (secondary N) is 2. The lowest BCUT2D eigenvalue weighted by Crippen LogP contribution is -2.17. The first-order chi connectivity index (χ1) is 9.44. The molecule has 2 rings (SSSR count). The SMILES string of the molecule is CC(C)c1csc(NS(=O)(=O)c2cnccc2NN)n1. The lowest BCUT2D eigenvalue weighted by atomic mass is 10.2. The topological polar surface area (TPSA) is 110 Å². The molecule has 0 saturated heterocycles. The zero-order chi connectivity index (χ0) is 14.8. The zero-order valence-corrected chi connectivity index (χ0v) is 12.6. The Labute approximate surface area is 121 Å². The van der Waals surface area contributed by atoms with Crippen LogP contribution in [0.15, 0.2) is 28.7 Å². The number of nitrogens with two attached hydrogens (primary N) is 1. The molecule has 0 aromatic carbocycles. The molecule has 2 aromatic heterocycles. The third-order valence-corrected chi connectivity index (χ3v) is 4.84. The molecule has 108 valence electrons. The number of nitrogen functional groups attached to an aromatic ring is 1. The number of hydrogen-bond donors (Lipinski definition) is 3. The summed E-state index contributed by atoms with van der Waals surface area (Å²) < 4.78 is 27.0. The first kappa shape index (κ1) is 14.7. The maximum Gasteiger partial charge on any atom is 0.267 e. The van der Waals surface area contributed by atoms with Gasteiger partial charge in [0, 0.05) is 17.8 Å². The predicted octanol–water partition coefficient (Wildman–Crippen LogP) is 1.75. The fraction of sp³-hybridized carbons (Fsp3) is 0.273. The molecule has 0 spiro atoms. The number of hydrogen-bond acceptors (Lipinski definition) is 7. The fourth-order valence-corrected chi connectivity index (χ4v) is 3.72. The number of pyridine rings is 1. The van der Waals surface area contributed by atoms with Crippen molar-refractivity contribution in [2.75, 3.05) is 10.1 Å². The molecule has 7 nitrogen and oxygen atoms in total. The summed E-state index contributed by atoms with van der Waals surface area (Å²) >= 11 is 1.24. The number of nitrogens with zero attached hydrogens (tertiary/aromatic N) is 2. The molecule has 0 amide bonds. The zero-order valence-electron chi connectivity index (χ0n) is 11.0. The molecule has 0 fully saturated rings. The van der Waals surface area contributed by atoms with E-state index in [1.165, 1.54) is 29.8 Å². The minimum atomic E-state index is -3.78. The Morgan fingerprint density at radius 1 is 1.40 bits per heavy atom. The summed E-state index contributed by atoms with van der Waals surface area (Å²) in [4.78, 5) is 8.01. The molecule has 2 aromatic rings. The maximum atomic E-state index is 12.3. The van der Waals surface area contributed by atoms with Crippen LogP contribution in [0.5, 0.6) is 0 Å². The van der Waals surface area contributed by atoms with E-state index in [0.29, 0.717) is 5.13 Å². The maximum absolute atomic E-state index is 12.3. The van der Waals surface area contributed by atoms with Gasteiger partial charge in [-0.3, -0.25) is 15.5 Å². The Morgan fingerprint density at radius 2 is 2.15 bits per heavy atom. The van der Waals surface area contributed by atoms with Crippen molar-refractivity contribution in [3.8, 4) is 0 Å². The van der Waals surface area contributed by atoms with Gasteiger partial charge in [0.25, 0.3) is 10.0 Å². The van der Waals surface area contributed by atoms with Crippen LogP contribution in [-0.4, -0.2) is 18.4 Å². The van der Waals surface area contributed by atoms with Gasteiger partial charge in [-0.1, -0.05) is 13.8 Å². The van der Waals surface area contributed by atoms with Crippen molar-refractivity contribution < 1.29 is 8.42 Å². The van der Waals surface area contributed by atoms with Gasteiger partial charge < -0.3 is 5.43 Å². The highest BCUT2D eigenvalue weighted by Crippen LogP contribution is 2.26. The van der Waals surface area contributed by atoms with Crippen molar-refractivity contribution in [2.24, 2.45) is 5.84 Å². The molecule has 9 heteroatoms. The standard InChI is InChI=1S/C11H15N5O2S2/c1-7(2)9-6-19-11(14-9)16-20(17,18)10-5-13-4-3-8(10)15-12/h3-7H,12H2,1-2H3,(H,13,15)(H,14,16). The Bertz CT molecular complexity index is 696. The van der Waals surface area contributed by atoms with Crippen LogP contribution in [-0.2, 0) is 10.0 Å². The number of rotatable bonds is 5. The van der Waals surface area contributed by atoms with Crippen LogP contribution in [0.1, 0.15) is 25.5 Å². The van der Waals surface area contributed by atoms with E-state index in [9.17, 15) is 8.42 Å². The summed E-state index contributed by atoms with van der Waals surface area (Å²) in [6, 6.07) is 1.48. The highest BCUT2D eigenvalue weighted by molar-refractivity contribution is 7.93. The van der Waals surface area contributed by atoms with Crippen molar-refractivity contribution in [3.63, 3.8) is 0 Å². The van der Waals surface area contributed by atoms with Crippen LogP contribution in [0.3, 0.4) is 0 Å². The van der Waals surface area contributed by atoms with E-state index in [-0.39, 0.29) is 16.5 Å². The van der Waals surface area contributed by atoms with E-state index in [1.807, 2.05) is 19.2 Å². The summed E-state index contributed by atoms with van der Waals surface area (Å²) in [6.07, 6.45) is 2.68. The van der Waals surface area contributed by atoms with Crippen molar-refractivity contribution in [1.82, 2.24) is 9.97 Å². The van der Waals surface area contributed by atoms with Crippen LogP contribution in [0.4, 0.5) is 10.8 Å². The minimum Gasteiger partial charge on any atom is -0.323 e. The molecule has 4 N–H and O–H groups in total. The Morgan fingerprint density at radius 3 is 2.75 bits per heavy atom. The van der Waals surface area contributed by atoms with E-state index < -0.39 is 10.0 Å². The van der Waals surface area contributed by atoms with Gasteiger partial charge in [0.1, 0.15) is 4.90 Å². The van der Waals surface area contributed by atoms with Gasteiger partial charge in [-0.25, -0.2) is 13.4 Å². The molecule has 0 aliphatic carbocycles. The van der Waals surface area contributed by atoms with E-state index in [2.05, 4.69) is 20.1 Å². The van der Waals surface area contributed by atoms with Crippen LogP contribution in [0.25, 0.3) is 0 Å². The number of thiazole rings is 1. The summed E-state index contributed by atoms with van der Waals surface area (Å²) in [5, 5.41) is 2.15. The average Bonchev–Trinajstić information content (AvgIpc) is 2.86. The van der Waals surface area contributed by atoms with Crippen LogP contribution in [0, 0.1) is 0 Å². The molecule has 20 heavy (non-hydrogen) atoms.